The largest absolute Gasteiger partial charge is 0.371 e. The van der Waals surface area contributed by atoms with Crippen molar-refractivity contribution >= 4 is 0 Å². The van der Waals surface area contributed by atoms with Gasteiger partial charge < -0.3 is 5.11 Å². The van der Waals surface area contributed by atoms with E-state index in [-0.39, 0.29) is 0 Å². The Labute approximate surface area is 73.7 Å². The summed E-state index contributed by atoms with van der Waals surface area (Å²) in [5, 5.41) is 18.4. The second-order valence-electron chi connectivity index (χ2n) is 2.77. The fourth-order valence-corrected chi connectivity index (χ4v) is 1.19. The molecule has 5 nitrogen and oxygen atoms in total. The normalized spacial score (nSPS) is 17.5. The van der Waals surface area contributed by atoms with Gasteiger partial charge in [-0.2, -0.15) is 0 Å². The zero-order chi connectivity index (χ0) is 9.83. The van der Waals surface area contributed by atoms with Crippen molar-refractivity contribution < 1.29 is 5.11 Å². The molecule has 1 atom stereocenters. The summed E-state index contributed by atoms with van der Waals surface area (Å²) in [6, 6.07) is 0. The predicted molar refractivity (Wildman–Crippen MR) is 49.3 cm³/mol. The zero-order valence-electron chi connectivity index (χ0n) is 8.23. The summed E-state index contributed by atoms with van der Waals surface area (Å²) in [5.74, 6) is -1.02. The van der Waals surface area contributed by atoms with Gasteiger partial charge in [-0.05, 0) is 27.6 Å². The molecule has 0 spiro atoms. The first kappa shape index (κ1) is 11.8. The highest BCUT2D eigenvalue weighted by molar-refractivity contribution is 4.94. The maximum atomic E-state index is 9.99. The molecule has 1 unspecified atom stereocenters. The minimum absolute atomic E-state index is 0.502. The lowest BCUT2D eigenvalue weighted by molar-refractivity contribution is -0.0863. The molecule has 74 valence electrons. The summed E-state index contributed by atoms with van der Waals surface area (Å²) in [6.45, 7) is 1.85. The Morgan fingerprint density at radius 3 is 1.67 bits per heavy atom. The van der Waals surface area contributed by atoms with Crippen LogP contribution in [0.25, 0.3) is 0 Å². The zero-order valence-corrected chi connectivity index (χ0v) is 8.23. The minimum Gasteiger partial charge on any atom is -0.371 e. The SMILES string of the molecule is CCC(O)(NC)C(N)(NC)NC. The molecule has 12 heavy (non-hydrogen) atoms. The van der Waals surface area contributed by atoms with E-state index >= 15 is 0 Å². The van der Waals surface area contributed by atoms with E-state index in [1.807, 2.05) is 6.92 Å². The molecular formula is C7H20N4O. The lowest BCUT2D eigenvalue weighted by atomic mass is 10.0. The molecule has 0 aliphatic carbocycles. The monoisotopic (exact) mass is 176 g/mol. The quantitative estimate of drug-likeness (QED) is 0.324. The molecule has 6 N–H and O–H groups in total. The van der Waals surface area contributed by atoms with Crippen molar-refractivity contribution in [2.24, 2.45) is 5.73 Å². The molecule has 0 aliphatic rings. The Morgan fingerprint density at radius 1 is 1.17 bits per heavy atom. The third-order valence-electron chi connectivity index (χ3n) is 2.37. The third-order valence-corrected chi connectivity index (χ3v) is 2.37. The Kier molecular flexibility index (Phi) is 4.09. The van der Waals surface area contributed by atoms with Gasteiger partial charge in [0.05, 0.1) is 0 Å². The molecular weight excluding hydrogens is 156 g/mol. The summed E-state index contributed by atoms with van der Waals surface area (Å²) < 4.78 is 0. The Morgan fingerprint density at radius 2 is 1.58 bits per heavy atom. The molecule has 0 heterocycles. The van der Waals surface area contributed by atoms with E-state index in [0.29, 0.717) is 6.42 Å². The molecule has 0 aromatic heterocycles. The van der Waals surface area contributed by atoms with Crippen LogP contribution < -0.4 is 21.7 Å². The number of aliphatic hydroxyl groups is 1. The standard InChI is InChI=1S/C7H20N4O/c1-5-6(12,9-2)7(8,10-3)11-4/h9-12H,5,8H2,1-4H3. The lowest BCUT2D eigenvalue weighted by Crippen LogP contribution is -2.78. The fraction of sp³-hybridized carbons (Fsp3) is 1.00. The molecule has 0 saturated heterocycles. The minimum atomic E-state index is -1.16. The van der Waals surface area contributed by atoms with Crippen LogP contribution in [0.4, 0.5) is 0 Å². The van der Waals surface area contributed by atoms with Gasteiger partial charge in [0.25, 0.3) is 0 Å². The van der Waals surface area contributed by atoms with Crippen molar-refractivity contribution in [3.63, 3.8) is 0 Å². The summed E-state index contributed by atoms with van der Waals surface area (Å²) >= 11 is 0. The Balaban J connectivity index is 4.66. The van der Waals surface area contributed by atoms with Crippen molar-refractivity contribution in [3.05, 3.63) is 0 Å². The number of likely N-dealkylation sites (N-methyl/N-ethyl adjacent to an activating group) is 3. The van der Waals surface area contributed by atoms with Crippen LogP contribution in [0.1, 0.15) is 13.3 Å². The van der Waals surface area contributed by atoms with E-state index in [1.54, 1.807) is 21.1 Å². The van der Waals surface area contributed by atoms with Crippen LogP contribution in [0.3, 0.4) is 0 Å². The average Bonchev–Trinajstić information content (AvgIpc) is 2.15. The van der Waals surface area contributed by atoms with E-state index in [2.05, 4.69) is 16.0 Å². The van der Waals surface area contributed by atoms with Gasteiger partial charge >= 0.3 is 0 Å². The summed E-state index contributed by atoms with van der Waals surface area (Å²) in [7, 11) is 5.04. The van der Waals surface area contributed by atoms with Gasteiger partial charge in [0.15, 0.2) is 11.5 Å². The highest BCUT2D eigenvalue weighted by atomic mass is 16.3. The molecule has 0 bridgehead atoms. The first-order valence-electron chi connectivity index (χ1n) is 4.07. The van der Waals surface area contributed by atoms with Gasteiger partial charge in [-0.15, -0.1) is 0 Å². The first-order chi connectivity index (χ1) is 5.49. The molecule has 0 amide bonds. The molecule has 0 aromatic rings. The first-order valence-corrected chi connectivity index (χ1v) is 4.07. The maximum absolute atomic E-state index is 9.99. The molecule has 0 radical (unpaired) electrons. The van der Waals surface area contributed by atoms with Crippen LogP contribution >= 0.6 is 0 Å². The number of nitrogens with two attached hydrogens (primary N) is 1. The molecule has 0 aromatic carbocycles. The number of hydrogen-bond acceptors (Lipinski definition) is 5. The third kappa shape index (κ3) is 1.75. The highest BCUT2D eigenvalue weighted by Crippen LogP contribution is 2.14. The Bertz CT molecular complexity index is 115. The van der Waals surface area contributed by atoms with Crippen molar-refractivity contribution in [1.29, 1.82) is 0 Å². The van der Waals surface area contributed by atoms with Crippen LogP contribution in [0.2, 0.25) is 0 Å². The second kappa shape index (κ2) is 4.15. The molecule has 0 fully saturated rings. The smallest absolute Gasteiger partial charge is 0.164 e. The van der Waals surface area contributed by atoms with Crippen molar-refractivity contribution in [2.45, 2.75) is 24.9 Å². The Hall–Kier alpha value is -0.200. The van der Waals surface area contributed by atoms with Gasteiger partial charge in [-0.25, -0.2) is 0 Å². The van der Waals surface area contributed by atoms with Crippen molar-refractivity contribution in [3.8, 4) is 0 Å². The number of rotatable bonds is 5. The molecule has 0 rings (SSSR count). The topological polar surface area (TPSA) is 82.3 Å². The lowest BCUT2D eigenvalue weighted by Gasteiger charge is -2.43. The van der Waals surface area contributed by atoms with Crippen LogP contribution in [0.15, 0.2) is 0 Å². The molecule has 5 heteroatoms. The van der Waals surface area contributed by atoms with Crippen molar-refractivity contribution in [1.82, 2.24) is 16.0 Å². The van der Waals surface area contributed by atoms with E-state index in [4.69, 9.17) is 5.73 Å². The summed E-state index contributed by atoms with van der Waals surface area (Å²) in [5.41, 5.74) is 4.71. The van der Waals surface area contributed by atoms with Crippen LogP contribution in [0, 0.1) is 0 Å². The van der Waals surface area contributed by atoms with E-state index in [9.17, 15) is 5.11 Å². The maximum Gasteiger partial charge on any atom is 0.164 e. The van der Waals surface area contributed by atoms with Gasteiger partial charge in [-0.1, -0.05) is 6.92 Å². The van der Waals surface area contributed by atoms with Crippen LogP contribution in [-0.4, -0.2) is 37.8 Å². The van der Waals surface area contributed by atoms with Crippen LogP contribution in [-0.2, 0) is 0 Å². The number of hydrogen-bond donors (Lipinski definition) is 5. The number of nitrogens with one attached hydrogen (secondary N) is 3. The van der Waals surface area contributed by atoms with Crippen molar-refractivity contribution in [2.75, 3.05) is 21.1 Å². The summed E-state index contributed by atoms with van der Waals surface area (Å²) in [4.78, 5) is 0. The van der Waals surface area contributed by atoms with Gasteiger partial charge in [-0.3, -0.25) is 21.7 Å². The van der Waals surface area contributed by atoms with E-state index < -0.39 is 11.5 Å². The van der Waals surface area contributed by atoms with Crippen LogP contribution in [0.5, 0.6) is 0 Å². The fourth-order valence-electron chi connectivity index (χ4n) is 1.19. The summed E-state index contributed by atoms with van der Waals surface area (Å²) in [6.07, 6.45) is 0.502. The average molecular weight is 176 g/mol. The molecule has 0 aliphatic heterocycles. The van der Waals surface area contributed by atoms with Gasteiger partial charge in [0.1, 0.15) is 0 Å². The highest BCUT2D eigenvalue weighted by Gasteiger charge is 2.43. The molecule has 0 saturated carbocycles. The second-order valence-corrected chi connectivity index (χ2v) is 2.77. The predicted octanol–water partition coefficient (Wildman–Crippen LogP) is -1.64. The van der Waals surface area contributed by atoms with E-state index in [1.165, 1.54) is 0 Å². The van der Waals surface area contributed by atoms with E-state index in [0.717, 1.165) is 0 Å². The van der Waals surface area contributed by atoms with Gasteiger partial charge in [0.2, 0.25) is 0 Å². The van der Waals surface area contributed by atoms with Gasteiger partial charge in [0, 0.05) is 0 Å².